The van der Waals surface area contributed by atoms with Crippen molar-refractivity contribution in [1.82, 2.24) is 19.5 Å². The summed E-state index contributed by atoms with van der Waals surface area (Å²) in [6.07, 6.45) is 10.6. The van der Waals surface area contributed by atoms with Crippen LogP contribution < -0.4 is 4.90 Å². The minimum absolute atomic E-state index is 0.540. The Balaban J connectivity index is 1.39. The first kappa shape index (κ1) is 14.4. The number of hydrogen-bond donors (Lipinski definition) is 0. The minimum Gasteiger partial charge on any atom is -0.354 e. The molecule has 5 heteroatoms. The normalized spacial score (nSPS) is 23.5. The molecule has 1 atom stereocenters. The minimum atomic E-state index is 0.540. The molecule has 0 radical (unpaired) electrons. The van der Waals surface area contributed by atoms with E-state index in [4.69, 9.17) is 9.97 Å². The zero-order valence-electron chi connectivity index (χ0n) is 14.4. The van der Waals surface area contributed by atoms with E-state index in [1.807, 2.05) is 6.20 Å². The lowest BCUT2D eigenvalue weighted by Crippen LogP contribution is -2.23. The highest BCUT2D eigenvalue weighted by atomic mass is 15.3. The molecule has 126 valence electrons. The molecule has 0 spiro atoms. The molecule has 0 aromatic carbocycles. The second-order valence-electron chi connectivity index (χ2n) is 7.57. The van der Waals surface area contributed by atoms with Gasteiger partial charge in [0.2, 0.25) is 0 Å². The van der Waals surface area contributed by atoms with Crippen molar-refractivity contribution in [3.05, 3.63) is 35.3 Å². The van der Waals surface area contributed by atoms with Gasteiger partial charge in [-0.2, -0.15) is 0 Å². The summed E-state index contributed by atoms with van der Waals surface area (Å²) in [5.41, 5.74) is 2.86. The van der Waals surface area contributed by atoms with E-state index >= 15 is 0 Å². The second kappa shape index (κ2) is 5.57. The number of aromatic nitrogens is 4. The van der Waals surface area contributed by atoms with Gasteiger partial charge in [0, 0.05) is 30.9 Å². The lowest BCUT2D eigenvalue weighted by atomic mass is 10.0. The third kappa shape index (κ3) is 2.41. The Morgan fingerprint density at radius 1 is 1.08 bits per heavy atom. The summed E-state index contributed by atoms with van der Waals surface area (Å²) in [5.74, 6) is 3.98. The molecule has 2 aromatic heterocycles. The van der Waals surface area contributed by atoms with Crippen molar-refractivity contribution in [3.63, 3.8) is 0 Å². The molecule has 0 amide bonds. The first-order chi connectivity index (χ1) is 11.8. The van der Waals surface area contributed by atoms with Crippen LogP contribution in [0.15, 0.2) is 12.3 Å². The zero-order chi connectivity index (χ0) is 16.1. The van der Waals surface area contributed by atoms with Crippen molar-refractivity contribution in [3.8, 4) is 0 Å². The maximum absolute atomic E-state index is 4.86. The van der Waals surface area contributed by atoms with Gasteiger partial charge in [0.25, 0.3) is 0 Å². The highest BCUT2D eigenvalue weighted by molar-refractivity contribution is 5.40. The summed E-state index contributed by atoms with van der Waals surface area (Å²) in [5, 5.41) is 0. The molecule has 0 unspecified atom stereocenters. The van der Waals surface area contributed by atoms with Crippen LogP contribution in [0.3, 0.4) is 0 Å². The van der Waals surface area contributed by atoms with E-state index in [1.54, 1.807) is 0 Å². The second-order valence-corrected chi connectivity index (χ2v) is 7.57. The summed E-state index contributed by atoms with van der Waals surface area (Å²) >= 11 is 0. The maximum atomic E-state index is 4.86. The quantitative estimate of drug-likeness (QED) is 0.870. The Morgan fingerprint density at radius 3 is 2.83 bits per heavy atom. The smallest absolute Gasteiger partial charge is 0.133 e. The molecule has 3 aliphatic rings. The Labute approximate surface area is 143 Å². The highest BCUT2D eigenvalue weighted by Gasteiger charge is 2.31. The van der Waals surface area contributed by atoms with Crippen molar-refractivity contribution in [1.29, 1.82) is 0 Å². The first-order valence-corrected chi connectivity index (χ1v) is 9.44. The molecule has 0 bridgehead atoms. The predicted octanol–water partition coefficient (Wildman–Crippen LogP) is 3.19. The average Bonchev–Trinajstić information content (AvgIpc) is 3.25. The van der Waals surface area contributed by atoms with Gasteiger partial charge in [0.15, 0.2) is 0 Å². The fourth-order valence-electron chi connectivity index (χ4n) is 4.42. The van der Waals surface area contributed by atoms with E-state index in [2.05, 4.69) is 27.4 Å². The molecule has 5 rings (SSSR count). The number of aryl methyl sites for hydroxylation is 2. The van der Waals surface area contributed by atoms with Gasteiger partial charge in [-0.25, -0.2) is 15.0 Å². The van der Waals surface area contributed by atoms with Crippen molar-refractivity contribution in [2.45, 2.75) is 63.8 Å². The van der Waals surface area contributed by atoms with Crippen LogP contribution in [0.4, 0.5) is 5.82 Å². The van der Waals surface area contributed by atoms with Gasteiger partial charge in [0.05, 0.1) is 11.7 Å². The van der Waals surface area contributed by atoms with E-state index < -0.39 is 0 Å². The summed E-state index contributed by atoms with van der Waals surface area (Å²) in [6.45, 7) is 4.31. The van der Waals surface area contributed by atoms with Crippen LogP contribution in [0.1, 0.15) is 67.1 Å². The van der Waals surface area contributed by atoms with Gasteiger partial charge in [-0.05, 0) is 57.9 Å². The van der Waals surface area contributed by atoms with Crippen LogP contribution in [0, 0.1) is 6.92 Å². The standard InChI is InChI=1S/C19H25N5/c1-13-21-16-4-2-3-5-17(16)24(13)15-9-11-23(12-15)18-8-10-20-19(22-18)14-6-7-14/h8,10,14-15H,2-7,9,11-12H2,1H3/t15-/m1/s1. The van der Waals surface area contributed by atoms with E-state index in [0.29, 0.717) is 12.0 Å². The molecule has 1 saturated heterocycles. The molecule has 24 heavy (non-hydrogen) atoms. The maximum Gasteiger partial charge on any atom is 0.133 e. The van der Waals surface area contributed by atoms with Crippen LogP contribution in [-0.4, -0.2) is 32.6 Å². The SMILES string of the molecule is Cc1nc2c(n1[C@@H]1CCN(c3ccnc(C4CC4)n3)C1)CCCC2. The summed E-state index contributed by atoms with van der Waals surface area (Å²) in [6, 6.07) is 2.61. The Hall–Kier alpha value is -1.91. The van der Waals surface area contributed by atoms with E-state index in [1.165, 1.54) is 55.7 Å². The fraction of sp³-hybridized carbons (Fsp3) is 0.632. The van der Waals surface area contributed by atoms with Crippen molar-refractivity contribution in [2.24, 2.45) is 0 Å². The molecule has 2 aromatic rings. The van der Waals surface area contributed by atoms with Crippen molar-refractivity contribution < 1.29 is 0 Å². The zero-order valence-corrected chi connectivity index (χ0v) is 14.4. The average molecular weight is 323 g/mol. The van der Waals surface area contributed by atoms with E-state index in [9.17, 15) is 0 Å². The number of anilines is 1. The third-order valence-corrected chi connectivity index (χ3v) is 5.80. The number of imidazole rings is 1. The number of fused-ring (bicyclic) bond motifs is 1. The van der Waals surface area contributed by atoms with Crippen LogP contribution in [0.2, 0.25) is 0 Å². The predicted molar refractivity (Wildman–Crippen MR) is 93.5 cm³/mol. The van der Waals surface area contributed by atoms with Crippen molar-refractivity contribution >= 4 is 5.82 Å². The molecule has 0 N–H and O–H groups in total. The Kier molecular flexibility index (Phi) is 3.35. The number of hydrogen-bond acceptors (Lipinski definition) is 4. The lowest BCUT2D eigenvalue weighted by Gasteiger charge is -2.22. The molecular formula is C19H25N5. The molecule has 1 aliphatic heterocycles. The van der Waals surface area contributed by atoms with E-state index in [-0.39, 0.29) is 0 Å². The summed E-state index contributed by atoms with van der Waals surface area (Å²) < 4.78 is 2.54. The summed E-state index contributed by atoms with van der Waals surface area (Å²) in [7, 11) is 0. The summed E-state index contributed by atoms with van der Waals surface area (Å²) in [4.78, 5) is 16.6. The van der Waals surface area contributed by atoms with Gasteiger partial charge in [-0.1, -0.05) is 0 Å². The van der Waals surface area contributed by atoms with Gasteiger partial charge in [-0.15, -0.1) is 0 Å². The van der Waals surface area contributed by atoms with Gasteiger partial charge >= 0.3 is 0 Å². The molecule has 5 nitrogen and oxygen atoms in total. The van der Waals surface area contributed by atoms with Crippen LogP contribution in [-0.2, 0) is 12.8 Å². The van der Waals surface area contributed by atoms with Crippen LogP contribution in [0.5, 0.6) is 0 Å². The third-order valence-electron chi connectivity index (χ3n) is 5.80. The monoisotopic (exact) mass is 323 g/mol. The van der Waals surface area contributed by atoms with Gasteiger partial charge < -0.3 is 9.47 Å². The highest BCUT2D eigenvalue weighted by Crippen LogP contribution is 2.39. The molecule has 3 heterocycles. The Bertz CT molecular complexity index is 761. The van der Waals surface area contributed by atoms with Gasteiger partial charge in [0.1, 0.15) is 17.5 Å². The van der Waals surface area contributed by atoms with Crippen LogP contribution >= 0.6 is 0 Å². The Morgan fingerprint density at radius 2 is 1.96 bits per heavy atom. The molecular weight excluding hydrogens is 298 g/mol. The van der Waals surface area contributed by atoms with Gasteiger partial charge in [-0.3, -0.25) is 0 Å². The molecule has 2 fully saturated rings. The van der Waals surface area contributed by atoms with Crippen molar-refractivity contribution in [2.75, 3.05) is 18.0 Å². The number of nitrogens with zero attached hydrogens (tertiary/aromatic N) is 5. The topological polar surface area (TPSA) is 46.8 Å². The fourth-order valence-corrected chi connectivity index (χ4v) is 4.42. The lowest BCUT2D eigenvalue weighted by molar-refractivity contribution is 0.504. The molecule has 2 aliphatic carbocycles. The molecule has 1 saturated carbocycles. The number of rotatable bonds is 3. The van der Waals surface area contributed by atoms with Crippen LogP contribution in [0.25, 0.3) is 0 Å². The largest absolute Gasteiger partial charge is 0.354 e. The van der Waals surface area contributed by atoms with E-state index in [0.717, 1.165) is 31.2 Å². The first-order valence-electron chi connectivity index (χ1n) is 9.44.